The van der Waals surface area contributed by atoms with Gasteiger partial charge in [0.15, 0.2) is 0 Å². The second-order valence-electron chi connectivity index (χ2n) is 5.31. The van der Waals surface area contributed by atoms with Crippen LogP contribution in [-0.2, 0) is 4.74 Å². The molecular formula is C12H24O. The van der Waals surface area contributed by atoms with Crippen LogP contribution in [-0.4, -0.2) is 12.2 Å². The third-order valence-electron chi connectivity index (χ3n) is 2.78. The molecule has 0 aromatic rings. The van der Waals surface area contributed by atoms with Gasteiger partial charge in [0.1, 0.15) is 0 Å². The number of rotatable bonds is 5. The molecule has 0 N–H and O–H groups in total. The number of unbranched alkanes of at least 4 members (excludes halogenated alkanes) is 3. The van der Waals surface area contributed by atoms with E-state index in [1.54, 1.807) is 0 Å². The van der Waals surface area contributed by atoms with Crippen molar-refractivity contribution in [2.75, 3.05) is 0 Å². The highest BCUT2D eigenvalue weighted by molar-refractivity contribution is 4.93. The van der Waals surface area contributed by atoms with E-state index >= 15 is 0 Å². The minimum Gasteiger partial charge on any atom is -0.369 e. The highest BCUT2D eigenvalue weighted by Gasteiger charge is 2.46. The second-order valence-corrected chi connectivity index (χ2v) is 5.31. The molecule has 1 heterocycles. The van der Waals surface area contributed by atoms with Gasteiger partial charge in [-0.25, -0.2) is 0 Å². The van der Waals surface area contributed by atoms with Crippen LogP contribution in [0.5, 0.6) is 0 Å². The van der Waals surface area contributed by atoms with E-state index < -0.39 is 0 Å². The van der Waals surface area contributed by atoms with E-state index in [9.17, 15) is 0 Å². The molecular weight excluding hydrogens is 160 g/mol. The molecule has 1 fully saturated rings. The topological polar surface area (TPSA) is 12.5 Å². The Morgan fingerprint density at radius 2 is 1.77 bits per heavy atom. The van der Waals surface area contributed by atoms with Crippen molar-refractivity contribution < 1.29 is 4.74 Å². The minimum atomic E-state index is 0.357. The highest BCUT2D eigenvalue weighted by Crippen LogP contribution is 2.40. The predicted molar refractivity (Wildman–Crippen MR) is 56.9 cm³/mol. The largest absolute Gasteiger partial charge is 0.369 e. The molecule has 0 radical (unpaired) electrons. The van der Waals surface area contributed by atoms with E-state index in [0.717, 1.165) is 0 Å². The zero-order chi connectivity index (χ0) is 9.90. The summed E-state index contributed by atoms with van der Waals surface area (Å²) < 4.78 is 5.66. The first-order chi connectivity index (χ1) is 6.05. The Morgan fingerprint density at radius 1 is 1.08 bits per heavy atom. The lowest BCUT2D eigenvalue weighted by molar-refractivity contribution is 0.259. The van der Waals surface area contributed by atoms with E-state index in [0.29, 0.717) is 17.6 Å². The summed E-state index contributed by atoms with van der Waals surface area (Å²) in [6.45, 7) is 9.06. The average molecular weight is 184 g/mol. The van der Waals surface area contributed by atoms with Crippen LogP contribution in [0.2, 0.25) is 0 Å². The Bertz CT molecular complexity index is 146. The molecule has 1 aliphatic rings. The first-order valence-corrected chi connectivity index (χ1v) is 5.71. The maximum Gasteiger partial charge on any atom is 0.0889 e. The van der Waals surface area contributed by atoms with Gasteiger partial charge in [-0.3, -0.25) is 0 Å². The molecule has 1 nitrogen and oxygen atoms in total. The normalized spacial score (nSPS) is 27.7. The lowest BCUT2D eigenvalue weighted by Crippen LogP contribution is -2.16. The molecule has 2 unspecified atom stereocenters. The Morgan fingerprint density at radius 3 is 2.23 bits per heavy atom. The van der Waals surface area contributed by atoms with Crippen LogP contribution in [0.3, 0.4) is 0 Å². The van der Waals surface area contributed by atoms with Gasteiger partial charge in [0.25, 0.3) is 0 Å². The lowest BCUT2D eigenvalue weighted by Gasteiger charge is -2.14. The number of hydrogen-bond donors (Lipinski definition) is 0. The number of hydrogen-bond acceptors (Lipinski definition) is 1. The van der Waals surface area contributed by atoms with Gasteiger partial charge in [-0.1, -0.05) is 53.4 Å². The number of epoxide rings is 1. The van der Waals surface area contributed by atoms with E-state index in [2.05, 4.69) is 27.7 Å². The van der Waals surface area contributed by atoms with Crippen LogP contribution in [0.25, 0.3) is 0 Å². The van der Waals surface area contributed by atoms with E-state index in [-0.39, 0.29) is 0 Å². The van der Waals surface area contributed by atoms with Gasteiger partial charge in [0.2, 0.25) is 0 Å². The fourth-order valence-electron chi connectivity index (χ4n) is 1.90. The van der Waals surface area contributed by atoms with Crippen LogP contribution in [0.4, 0.5) is 0 Å². The summed E-state index contributed by atoms with van der Waals surface area (Å²) in [5.74, 6) is 0. The molecule has 0 aliphatic carbocycles. The fourth-order valence-corrected chi connectivity index (χ4v) is 1.90. The Kier molecular flexibility index (Phi) is 3.78. The molecule has 0 bridgehead atoms. The van der Waals surface area contributed by atoms with Gasteiger partial charge in [0.05, 0.1) is 12.2 Å². The van der Waals surface area contributed by atoms with Gasteiger partial charge < -0.3 is 4.74 Å². The van der Waals surface area contributed by atoms with Crippen LogP contribution < -0.4 is 0 Å². The molecule has 1 rings (SSSR count). The summed E-state index contributed by atoms with van der Waals surface area (Å²) in [4.78, 5) is 0. The van der Waals surface area contributed by atoms with Crippen LogP contribution >= 0.6 is 0 Å². The fraction of sp³-hybridized carbons (Fsp3) is 1.00. The van der Waals surface area contributed by atoms with E-state index in [1.807, 2.05) is 0 Å². The summed E-state index contributed by atoms with van der Waals surface area (Å²) in [6.07, 6.45) is 7.84. The van der Waals surface area contributed by atoms with Gasteiger partial charge in [-0.05, 0) is 11.8 Å². The minimum absolute atomic E-state index is 0.357. The van der Waals surface area contributed by atoms with Crippen LogP contribution in [0, 0.1) is 5.41 Å². The first kappa shape index (κ1) is 11.0. The molecule has 0 aromatic carbocycles. The summed E-state index contributed by atoms with van der Waals surface area (Å²) in [6, 6.07) is 0. The van der Waals surface area contributed by atoms with Gasteiger partial charge in [-0.2, -0.15) is 0 Å². The lowest BCUT2D eigenvalue weighted by atomic mass is 9.89. The summed E-state index contributed by atoms with van der Waals surface area (Å²) in [7, 11) is 0. The molecule has 1 aliphatic heterocycles. The van der Waals surface area contributed by atoms with Crippen molar-refractivity contribution in [2.24, 2.45) is 5.41 Å². The van der Waals surface area contributed by atoms with E-state index in [1.165, 1.54) is 32.1 Å². The van der Waals surface area contributed by atoms with Crippen molar-refractivity contribution >= 4 is 0 Å². The standard InChI is InChI=1S/C12H24O/c1-5-6-7-8-9-10-11(13-10)12(2,3)4/h10-11H,5-9H2,1-4H3. The quantitative estimate of drug-likeness (QED) is 0.468. The maximum absolute atomic E-state index is 5.66. The Hall–Kier alpha value is -0.0400. The molecule has 2 atom stereocenters. The molecule has 0 spiro atoms. The van der Waals surface area contributed by atoms with Crippen molar-refractivity contribution in [2.45, 2.75) is 72.0 Å². The van der Waals surface area contributed by atoms with Gasteiger partial charge in [0, 0.05) is 0 Å². The third-order valence-corrected chi connectivity index (χ3v) is 2.78. The van der Waals surface area contributed by atoms with E-state index in [4.69, 9.17) is 4.74 Å². The molecule has 1 saturated heterocycles. The zero-order valence-corrected chi connectivity index (χ0v) is 9.60. The first-order valence-electron chi connectivity index (χ1n) is 5.71. The summed E-state index contributed by atoms with van der Waals surface area (Å²) in [5.41, 5.74) is 0.357. The van der Waals surface area contributed by atoms with Crippen LogP contribution in [0.15, 0.2) is 0 Å². The van der Waals surface area contributed by atoms with Crippen molar-refractivity contribution in [3.8, 4) is 0 Å². The van der Waals surface area contributed by atoms with Crippen LogP contribution in [0.1, 0.15) is 59.8 Å². The van der Waals surface area contributed by atoms with Crippen molar-refractivity contribution in [1.82, 2.24) is 0 Å². The van der Waals surface area contributed by atoms with Crippen molar-refractivity contribution in [3.63, 3.8) is 0 Å². The molecule has 1 heteroatoms. The second kappa shape index (κ2) is 4.45. The molecule has 78 valence electrons. The zero-order valence-electron chi connectivity index (χ0n) is 9.60. The molecule has 13 heavy (non-hydrogen) atoms. The molecule has 0 aromatic heterocycles. The monoisotopic (exact) mass is 184 g/mol. The predicted octanol–water partition coefficient (Wildman–Crippen LogP) is 3.77. The van der Waals surface area contributed by atoms with Crippen molar-refractivity contribution in [1.29, 1.82) is 0 Å². The van der Waals surface area contributed by atoms with Gasteiger partial charge >= 0.3 is 0 Å². The summed E-state index contributed by atoms with van der Waals surface area (Å²) in [5, 5.41) is 0. The smallest absolute Gasteiger partial charge is 0.0889 e. The maximum atomic E-state index is 5.66. The highest BCUT2D eigenvalue weighted by atomic mass is 16.6. The van der Waals surface area contributed by atoms with Crippen molar-refractivity contribution in [3.05, 3.63) is 0 Å². The van der Waals surface area contributed by atoms with Gasteiger partial charge in [-0.15, -0.1) is 0 Å². The average Bonchev–Trinajstić information content (AvgIpc) is 2.76. The summed E-state index contributed by atoms with van der Waals surface area (Å²) >= 11 is 0. The SMILES string of the molecule is CCCCCCC1OC1C(C)(C)C. The molecule has 0 saturated carbocycles. The molecule has 0 amide bonds. The Labute approximate surface area is 82.9 Å². The number of ether oxygens (including phenoxy) is 1. The Balaban J connectivity index is 2.01. The third kappa shape index (κ3) is 3.68.